The zero-order valence-corrected chi connectivity index (χ0v) is 12.6. The standard InChI is InChI=1S/C17H19BrO/c18-17(15-9-3-1-4-10-15)13-7-8-14-19-16-11-5-2-6-12-16/h1-6,9-12,17H,7-8,13-14H2. The molecule has 0 aromatic heterocycles. The third-order valence-electron chi connectivity index (χ3n) is 3.03. The zero-order valence-electron chi connectivity index (χ0n) is 11.0. The second kappa shape index (κ2) is 8.00. The first kappa shape index (κ1) is 14.1. The summed E-state index contributed by atoms with van der Waals surface area (Å²) in [6, 6.07) is 20.6. The van der Waals surface area contributed by atoms with Gasteiger partial charge in [-0.1, -0.05) is 64.5 Å². The maximum Gasteiger partial charge on any atom is 0.119 e. The lowest BCUT2D eigenvalue weighted by Gasteiger charge is -2.10. The Morgan fingerprint density at radius 3 is 2.16 bits per heavy atom. The number of rotatable bonds is 7. The van der Waals surface area contributed by atoms with Gasteiger partial charge in [0, 0.05) is 4.83 Å². The Hall–Kier alpha value is -1.28. The highest BCUT2D eigenvalue weighted by atomic mass is 79.9. The van der Waals surface area contributed by atoms with Crippen molar-refractivity contribution in [2.24, 2.45) is 0 Å². The molecule has 0 heterocycles. The molecule has 0 fully saturated rings. The number of alkyl halides is 1. The van der Waals surface area contributed by atoms with Crippen LogP contribution in [-0.2, 0) is 0 Å². The molecule has 0 aliphatic rings. The Morgan fingerprint density at radius 2 is 1.47 bits per heavy atom. The lowest BCUT2D eigenvalue weighted by atomic mass is 10.1. The van der Waals surface area contributed by atoms with Crippen molar-refractivity contribution in [3.63, 3.8) is 0 Å². The second-order valence-electron chi connectivity index (χ2n) is 4.54. The highest BCUT2D eigenvalue weighted by Crippen LogP contribution is 2.27. The van der Waals surface area contributed by atoms with Gasteiger partial charge in [-0.3, -0.25) is 0 Å². The van der Waals surface area contributed by atoms with E-state index in [0.29, 0.717) is 4.83 Å². The van der Waals surface area contributed by atoms with Gasteiger partial charge in [0.15, 0.2) is 0 Å². The van der Waals surface area contributed by atoms with E-state index in [1.807, 2.05) is 30.3 Å². The minimum Gasteiger partial charge on any atom is -0.494 e. The topological polar surface area (TPSA) is 9.23 Å². The Labute approximate surface area is 123 Å². The van der Waals surface area contributed by atoms with E-state index in [2.05, 4.69) is 46.3 Å². The van der Waals surface area contributed by atoms with Crippen LogP contribution in [0.2, 0.25) is 0 Å². The van der Waals surface area contributed by atoms with Gasteiger partial charge in [0.05, 0.1) is 6.61 Å². The van der Waals surface area contributed by atoms with Crippen molar-refractivity contribution >= 4 is 15.9 Å². The number of ether oxygens (including phenoxy) is 1. The van der Waals surface area contributed by atoms with Gasteiger partial charge in [-0.15, -0.1) is 0 Å². The fraction of sp³-hybridized carbons (Fsp3) is 0.294. The predicted octanol–water partition coefficient (Wildman–Crippen LogP) is 5.37. The van der Waals surface area contributed by atoms with Gasteiger partial charge >= 0.3 is 0 Å². The maximum atomic E-state index is 5.68. The molecule has 0 radical (unpaired) electrons. The molecule has 0 saturated carbocycles. The molecule has 2 heteroatoms. The number of benzene rings is 2. The fourth-order valence-electron chi connectivity index (χ4n) is 1.96. The summed E-state index contributed by atoms with van der Waals surface area (Å²) >= 11 is 3.74. The molecule has 0 spiro atoms. The Kier molecular flexibility index (Phi) is 5.96. The van der Waals surface area contributed by atoms with Crippen LogP contribution in [0.25, 0.3) is 0 Å². The molecule has 0 saturated heterocycles. The molecule has 1 unspecified atom stereocenters. The van der Waals surface area contributed by atoms with Crippen LogP contribution in [0.3, 0.4) is 0 Å². The number of halogens is 1. The van der Waals surface area contributed by atoms with Gasteiger partial charge in [0.25, 0.3) is 0 Å². The molecule has 0 N–H and O–H groups in total. The molecule has 2 rings (SSSR count). The van der Waals surface area contributed by atoms with Crippen molar-refractivity contribution in [3.05, 3.63) is 66.2 Å². The molecule has 1 nitrogen and oxygen atoms in total. The first-order chi connectivity index (χ1) is 9.36. The number of unbranched alkanes of at least 4 members (excludes halogenated alkanes) is 1. The average Bonchev–Trinajstić information content (AvgIpc) is 2.49. The third-order valence-corrected chi connectivity index (χ3v) is 4.01. The van der Waals surface area contributed by atoms with Gasteiger partial charge in [-0.2, -0.15) is 0 Å². The molecule has 0 bridgehead atoms. The molecule has 2 aromatic rings. The molecule has 1 atom stereocenters. The highest BCUT2D eigenvalue weighted by Gasteiger charge is 2.05. The summed E-state index contributed by atoms with van der Waals surface area (Å²) in [5.74, 6) is 0.959. The summed E-state index contributed by atoms with van der Waals surface area (Å²) in [6.07, 6.45) is 3.39. The molecule has 2 aromatic carbocycles. The van der Waals surface area contributed by atoms with Gasteiger partial charge in [-0.05, 0) is 37.0 Å². The maximum absolute atomic E-state index is 5.68. The van der Waals surface area contributed by atoms with E-state index in [9.17, 15) is 0 Å². The van der Waals surface area contributed by atoms with E-state index in [0.717, 1.165) is 31.6 Å². The Balaban J connectivity index is 1.62. The van der Waals surface area contributed by atoms with Crippen LogP contribution in [0, 0.1) is 0 Å². The molecule has 19 heavy (non-hydrogen) atoms. The van der Waals surface area contributed by atoms with E-state index in [-0.39, 0.29) is 0 Å². The van der Waals surface area contributed by atoms with Crippen LogP contribution >= 0.6 is 15.9 Å². The molecule has 0 aliphatic heterocycles. The van der Waals surface area contributed by atoms with E-state index in [1.165, 1.54) is 5.56 Å². The van der Waals surface area contributed by atoms with Crippen molar-refractivity contribution < 1.29 is 4.74 Å². The SMILES string of the molecule is BrC(CCCCOc1ccccc1)c1ccccc1. The molecule has 100 valence electrons. The predicted molar refractivity (Wildman–Crippen MR) is 83.9 cm³/mol. The van der Waals surface area contributed by atoms with E-state index >= 15 is 0 Å². The average molecular weight is 319 g/mol. The summed E-state index contributed by atoms with van der Waals surface area (Å²) in [6.45, 7) is 0.790. The number of hydrogen-bond acceptors (Lipinski definition) is 1. The lowest BCUT2D eigenvalue weighted by Crippen LogP contribution is -1.98. The Bertz CT molecular complexity index is 455. The fourth-order valence-corrected chi connectivity index (χ4v) is 2.59. The van der Waals surface area contributed by atoms with Crippen LogP contribution in [0.15, 0.2) is 60.7 Å². The normalized spacial score (nSPS) is 12.1. The zero-order chi connectivity index (χ0) is 13.3. The molecule has 0 aliphatic carbocycles. The van der Waals surface area contributed by atoms with E-state index < -0.39 is 0 Å². The number of para-hydroxylation sites is 1. The largest absolute Gasteiger partial charge is 0.494 e. The van der Waals surface area contributed by atoms with Gasteiger partial charge in [0.2, 0.25) is 0 Å². The van der Waals surface area contributed by atoms with Crippen LogP contribution in [0.4, 0.5) is 0 Å². The summed E-state index contributed by atoms with van der Waals surface area (Å²) in [7, 11) is 0. The van der Waals surface area contributed by atoms with Crippen LogP contribution in [0.5, 0.6) is 5.75 Å². The minimum atomic E-state index is 0.449. The molecular weight excluding hydrogens is 300 g/mol. The van der Waals surface area contributed by atoms with Gasteiger partial charge in [-0.25, -0.2) is 0 Å². The first-order valence-electron chi connectivity index (χ1n) is 6.73. The summed E-state index contributed by atoms with van der Waals surface area (Å²) < 4.78 is 5.68. The smallest absolute Gasteiger partial charge is 0.119 e. The summed E-state index contributed by atoms with van der Waals surface area (Å²) in [4.78, 5) is 0.449. The van der Waals surface area contributed by atoms with Crippen molar-refractivity contribution in [2.75, 3.05) is 6.61 Å². The van der Waals surface area contributed by atoms with E-state index in [1.54, 1.807) is 0 Å². The first-order valence-corrected chi connectivity index (χ1v) is 7.64. The van der Waals surface area contributed by atoms with Crippen LogP contribution in [-0.4, -0.2) is 6.61 Å². The van der Waals surface area contributed by atoms with Crippen LogP contribution in [0.1, 0.15) is 29.7 Å². The van der Waals surface area contributed by atoms with Crippen molar-refractivity contribution in [1.82, 2.24) is 0 Å². The van der Waals surface area contributed by atoms with E-state index in [4.69, 9.17) is 4.74 Å². The van der Waals surface area contributed by atoms with Gasteiger partial charge < -0.3 is 4.74 Å². The van der Waals surface area contributed by atoms with Gasteiger partial charge in [0.1, 0.15) is 5.75 Å². The summed E-state index contributed by atoms with van der Waals surface area (Å²) in [5, 5.41) is 0. The Morgan fingerprint density at radius 1 is 0.842 bits per heavy atom. The number of hydrogen-bond donors (Lipinski definition) is 0. The lowest BCUT2D eigenvalue weighted by molar-refractivity contribution is 0.305. The van der Waals surface area contributed by atoms with Crippen LogP contribution < -0.4 is 4.74 Å². The minimum absolute atomic E-state index is 0.449. The monoisotopic (exact) mass is 318 g/mol. The third kappa shape index (κ3) is 5.07. The highest BCUT2D eigenvalue weighted by molar-refractivity contribution is 9.09. The molecular formula is C17H19BrO. The van der Waals surface area contributed by atoms with Crippen molar-refractivity contribution in [3.8, 4) is 5.75 Å². The quantitative estimate of drug-likeness (QED) is 0.492. The summed E-state index contributed by atoms with van der Waals surface area (Å²) in [5.41, 5.74) is 1.35. The van der Waals surface area contributed by atoms with Crippen molar-refractivity contribution in [2.45, 2.75) is 24.1 Å². The second-order valence-corrected chi connectivity index (χ2v) is 5.64. The molecule has 0 amide bonds. The van der Waals surface area contributed by atoms with Crippen molar-refractivity contribution in [1.29, 1.82) is 0 Å².